The van der Waals surface area contributed by atoms with Crippen molar-refractivity contribution in [3.05, 3.63) is 21.8 Å². The number of carbonyl (C=O) groups is 4. The molecule has 1 amide bonds. The lowest BCUT2D eigenvalue weighted by Gasteiger charge is -2.71. The first-order valence-electron chi connectivity index (χ1n) is 20.5. The largest absolute Gasteiger partial charge is 0.462 e. The Bertz CT molecular complexity index is 1560. The van der Waals surface area contributed by atoms with E-state index in [0.717, 1.165) is 57.8 Å². The number of esters is 3. The molecule has 14 heteroatoms. The Labute approximate surface area is 339 Å². The zero-order valence-electron chi connectivity index (χ0n) is 35.3. The molecule has 0 saturated heterocycles. The number of nitrogens with zero attached hydrogens (tertiary/aromatic N) is 1. The first-order chi connectivity index (χ1) is 25.4. The van der Waals surface area contributed by atoms with Crippen LogP contribution in [0.1, 0.15) is 133 Å². The first-order valence-corrected chi connectivity index (χ1v) is 20.5. The zero-order chi connectivity index (χ0) is 40.9. The van der Waals surface area contributed by atoms with Crippen molar-refractivity contribution in [1.29, 1.82) is 0 Å². The van der Waals surface area contributed by atoms with Crippen molar-refractivity contribution in [2.75, 3.05) is 19.8 Å². The van der Waals surface area contributed by atoms with E-state index in [0.29, 0.717) is 12.3 Å². The number of hydrogen-bond acceptors (Lipinski definition) is 11. The van der Waals surface area contributed by atoms with Gasteiger partial charge in [-0.25, -0.2) is 9.59 Å². The van der Waals surface area contributed by atoms with E-state index in [4.69, 9.17) is 19.9 Å². The Morgan fingerprint density at radius 2 is 1.55 bits per heavy atom. The summed E-state index contributed by atoms with van der Waals surface area (Å²) in [6.45, 7) is 20.7. The van der Waals surface area contributed by atoms with Crippen molar-refractivity contribution < 1.29 is 43.3 Å². The van der Waals surface area contributed by atoms with E-state index in [2.05, 4.69) is 64.7 Å². The Hall–Kier alpha value is -2.93. The smallest absolute Gasteiger partial charge is 0.332 e. The summed E-state index contributed by atoms with van der Waals surface area (Å²) in [5, 5.41) is 12.4. The average molecular weight is 810 g/mol. The number of hydrogen-bond donors (Lipinski definition) is 2. The molecule has 5 aliphatic rings. The highest BCUT2D eigenvalue weighted by atomic mass is 35.5. The molecule has 318 valence electrons. The third-order valence-electron chi connectivity index (χ3n) is 15.7. The van der Waals surface area contributed by atoms with Gasteiger partial charge in [-0.2, -0.15) is 0 Å². The highest BCUT2D eigenvalue weighted by molar-refractivity contribution is 5.87. The number of fused-ring (bicyclic) bond motifs is 7. The zero-order valence-corrected chi connectivity index (χ0v) is 36.1. The summed E-state index contributed by atoms with van der Waals surface area (Å²) in [5.41, 5.74) is 6.03. The van der Waals surface area contributed by atoms with Gasteiger partial charge in [-0.1, -0.05) is 74.0 Å². The third kappa shape index (κ3) is 8.06. The van der Waals surface area contributed by atoms with E-state index >= 15 is 0 Å². The van der Waals surface area contributed by atoms with Gasteiger partial charge in [-0.05, 0) is 116 Å². The van der Waals surface area contributed by atoms with Crippen LogP contribution in [0.25, 0.3) is 0 Å². The normalized spacial score (nSPS) is 36.2. The minimum absolute atomic E-state index is 0. The Morgan fingerprint density at radius 3 is 2.18 bits per heavy atom. The Kier molecular flexibility index (Phi) is 13.4. The van der Waals surface area contributed by atoms with Gasteiger partial charge in [0.05, 0.1) is 11.5 Å². The first kappa shape index (κ1) is 45.8. The van der Waals surface area contributed by atoms with Gasteiger partial charge < -0.3 is 30.1 Å². The van der Waals surface area contributed by atoms with Crippen LogP contribution in [0.15, 0.2) is 11.6 Å². The van der Waals surface area contributed by atoms with Crippen LogP contribution in [0.4, 0.5) is 0 Å². The van der Waals surface area contributed by atoms with E-state index in [1.807, 2.05) is 13.8 Å². The molecule has 0 heterocycles. The summed E-state index contributed by atoms with van der Waals surface area (Å²) in [6, 6.07) is -1.61. The van der Waals surface area contributed by atoms with Crippen molar-refractivity contribution in [2.24, 2.45) is 61.9 Å². The summed E-state index contributed by atoms with van der Waals surface area (Å²) in [5.74, 6) is -1.43. The minimum atomic E-state index is -0.970. The maximum absolute atomic E-state index is 14.4. The number of carbonyl (C=O) groups excluding carboxylic acids is 4. The van der Waals surface area contributed by atoms with Gasteiger partial charge in [-0.15, -0.1) is 22.5 Å². The fourth-order valence-corrected chi connectivity index (χ4v) is 12.4. The second kappa shape index (κ2) is 16.4. The van der Waals surface area contributed by atoms with Gasteiger partial charge in [0.15, 0.2) is 6.61 Å². The van der Waals surface area contributed by atoms with Crippen molar-refractivity contribution in [3.8, 4) is 0 Å². The SMILES string of the molecule is CC(C)[C@H](NC(=O)[C@H](C)N)C(=O)OCCOC(=O)[C@]12CCC(C)(C)C[C@H]1C1=CC[C@@H]3[C@@]4(C)CC[C@H](OC(=O)CO[N+](=O)[O-])C(C)(C)[C@@H]4CC[C@@]3(C)[C@]1(C)CC2.Cl. The monoisotopic (exact) mass is 809 g/mol. The molecule has 0 radical (unpaired) electrons. The molecule has 5 aliphatic carbocycles. The molecule has 56 heavy (non-hydrogen) atoms. The lowest BCUT2D eigenvalue weighted by molar-refractivity contribution is -0.754. The highest BCUT2D eigenvalue weighted by Gasteiger charge is 2.69. The fraction of sp³-hybridized carbons (Fsp3) is 0.857. The molecule has 0 bridgehead atoms. The standard InChI is InChI=1S/C42H67N3O10.ClH/c1-25(2)33(44-34(47)26(3)43)35(48)52-21-22-53-36(49)42-19-17-37(4,5)23-28(42)27-11-12-30-39(8)15-14-31(55-32(46)24-54-45(50)51)38(6,7)29(39)13-16-41(30,10)40(27,9)18-20-42;/h11,25-26,28-31,33H,12-24,43H2,1-10H3,(H,44,47);1H/t26-,28-,29-,30+,31-,33-,39-,40+,41+,42-;/m0./s1. The van der Waals surface area contributed by atoms with E-state index in [1.54, 1.807) is 6.92 Å². The quantitative estimate of drug-likeness (QED) is 0.0521. The molecule has 0 unspecified atom stereocenters. The predicted molar refractivity (Wildman–Crippen MR) is 211 cm³/mol. The molecular weight excluding hydrogens is 742 g/mol. The Morgan fingerprint density at radius 1 is 0.911 bits per heavy atom. The van der Waals surface area contributed by atoms with Crippen molar-refractivity contribution in [1.82, 2.24) is 5.32 Å². The molecule has 0 aromatic rings. The summed E-state index contributed by atoms with van der Waals surface area (Å²) in [7, 11) is 0. The number of allylic oxidation sites excluding steroid dienone is 2. The summed E-state index contributed by atoms with van der Waals surface area (Å²) >= 11 is 0. The van der Waals surface area contributed by atoms with Gasteiger partial charge in [-0.3, -0.25) is 9.59 Å². The van der Waals surface area contributed by atoms with E-state index in [9.17, 15) is 29.3 Å². The lowest BCUT2D eigenvalue weighted by atomic mass is 9.33. The van der Waals surface area contributed by atoms with Gasteiger partial charge in [0.1, 0.15) is 25.4 Å². The summed E-state index contributed by atoms with van der Waals surface area (Å²) in [6.07, 6.45) is 10.8. The molecule has 0 aromatic carbocycles. The second-order valence-electron chi connectivity index (χ2n) is 20.0. The number of nitrogens with two attached hydrogens (primary N) is 1. The van der Waals surface area contributed by atoms with Crippen LogP contribution in [0, 0.1) is 66.3 Å². The van der Waals surface area contributed by atoms with Crippen LogP contribution in [0.3, 0.4) is 0 Å². The molecule has 4 fully saturated rings. The van der Waals surface area contributed by atoms with Crippen LogP contribution in [-0.4, -0.2) is 66.9 Å². The number of ether oxygens (including phenoxy) is 3. The van der Waals surface area contributed by atoms with Gasteiger partial charge in [0.2, 0.25) is 5.91 Å². The summed E-state index contributed by atoms with van der Waals surface area (Å²) in [4.78, 5) is 67.0. The summed E-state index contributed by atoms with van der Waals surface area (Å²) < 4.78 is 17.4. The minimum Gasteiger partial charge on any atom is -0.462 e. The maximum atomic E-state index is 14.4. The molecule has 13 nitrogen and oxygen atoms in total. The van der Waals surface area contributed by atoms with Crippen molar-refractivity contribution in [2.45, 2.75) is 152 Å². The van der Waals surface area contributed by atoms with E-state index < -0.39 is 47.0 Å². The molecule has 3 N–H and O–H groups in total. The van der Waals surface area contributed by atoms with Crippen LogP contribution in [0.5, 0.6) is 0 Å². The van der Waals surface area contributed by atoms with Gasteiger partial charge in [0, 0.05) is 5.41 Å². The molecule has 10 atom stereocenters. The van der Waals surface area contributed by atoms with Gasteiger partial charge in [0.25, 0.3) is 5.09 Å². The molecule has 0 spiro atoms. The van der Waals surface area contributed by atoms with Crippen molar-refractivity contribution >= 4 is 36.2 Å². The van der Waals surface area contributed by atoms with Crippen LogP contribution < -0.4 is 11.1 Å². The molecular formula is C42H68ClN3O10. The molecule has 0 aromatic heterocycles. The Balaban J connectivity index is 0.00000696. The number of nitrogens with one attached hydrogen (secondary N) is 1. The number of halogens is 1. The van der Waals surface area contributed by atoms with Crippen LogP contribution in [0.2, 0.25) is 0 Å². The van der Waals surface area contributed by atoms with E-state index in [-0.39, 0.29) is 82.5 Å². The average Bonchev–Trinajstić information content (AvgIpc) is 3.08. The number of rotatable bonds is 12. The van der Waals surface area contributed by atoms with Crippen molar-refractivity contribution in [3.63, 3.8) is 0 Å². The highest BCUT2D eigenvalue weighted by Crippen LogP contribution is 2.76. The lowest BCUT2D eigenvalue weighted by Crippen LogP contribution is -2.65. The molecule has 5 rings (SSSR count). The van der Waals surface area contributed by atoms with Crippen LogP contribution >= 0.6 is 12.4 Å². The maximum Gasteiger partial charge on any atom is 0.332 e. The van der Waals surface area contributed by atoms with Crippen LogP contribution in [-0.2, 0) is 38.2 Å². The van der Waals surface area contributed by atoms with E-state index in [1.165, 1.54) is 5.57 Å². The predicted octanol–water partition coefficient (Wildman–Crippen LogP) is 6.90. The molecule has 4 saturated carbocycles. The number of amides is 1. The topological polar surface area (TPSA) is 186 Å². The second-order valence-corrected chi connectivity index (χ2v) is 20.0. The third-order valence-corrected chi connectivity index (χ3v) is 15.7. The van der Waals surface area contributed by atoms with Gasteiger partial charge >= 0.3 is 17.9 Å². The fourth-order valence-electron chi connectivity index (χ4n) is 12.4. The molecule has 0 aliphatic heterocycles.